The highest BCUT2D eigenvalue weighted by atomic mass is 16.5. The minimum Gasteiger partial charge on any atom is -0.492 e. The van der Waals surface area contributed by atoms with Gasteiger partial charge in [0.2, 0.25) is 0 Å². The number of hydrogen-bond acceptors (Lipinski definition) is 4. The molecule has 21 heavy (non-hydrogen) atoms. The summed E-state index contributed by atoms with van der Waals surface area (Å²) in [6.45, 7) is 10.4. The number of anilines is 1. The molecule has 1 fully saturated rings. The third-order valence-corrected chi connectivity index (χ3v) is 3.71. The van der Waals surface area contributed by atoms with Crippen molar-refractivity contribution in [2.24, 2.45) is 0 Å². The molecule has 1 saturated heterocycles. The van der Waals surface area contributed by atoms with E-state index in [1.165, 1.54) is 24.1 Å². The van der Waals surface area contributed by atoms with E-state index in [1.807, 2.05) is 6.92 Å². The Hall–Kier alpha value is -1.26. The number of rotatable bonds is 8. The van der Waals surface area contributed by atoms with Crippen LogP contribution in [0.4, 0.5) is 5.69 Å². The number of hydrogen-bond donors (Lipinski definition) is 1. The van der Waals surface area contributed by atoms with Crippen LogP contribution in [0.2, 0.25) is 0 Å². The fraction of sp³-hybridized carbons (Fsp3) is 0.647. The van der Waals surface area contributed by atoms with E-state index in [2.05, 4.69) is 35.3 Å². The van der Waals surface area contributed by atoms with Crippen LogP contribution in [0.3, 0.4) is 0 Å². The Bertz CT molecular complexity index is 417. The first-order valence-corrected chi connectivity index (χ1v) is 8.14. The van der Waals surface area contributed by atoms with Gasteiger partial charge in [-0.15, -0.1) is 0 Å². The van der Waals surface area contributed by atoms with Gasteiger partial charge in [-0.05, 0) is 37.6 Å². The lowest BCUT2D eigenvalue weighted by Crippen LogP contribution is -2.36. The highest BCUT2D eigenvalue weighted by molar-refractivity contribution is 5.60. The summed E-state index contributed by atoms with van der Waals surface area (Å²) in [6, 6.07) is 6.56. The molecule has 0 amide bonds. The molecule has 0 unspecified atom stereocenters. The quantitative estimate of drug-likeness (QED) is 0.747. The van der Waals surface area contributed by atoms with Gasteiger partial charge in [-0.1, -0.05) is 19.4 Å². The van der Waals surface area contributed by atoms with E-state index in [0.717, 1.165) is 45.1 Å². The first kappa shape index (κ1) is 16.1. The Labute approximate surface area is 128 Å². The van der Waals surface area contributed by atoms with Crippen LogP contribution in [-0.2, 0) is 11.3 Å². The van der Waals surface area contributed by atoms with Gasteiger partial charge in [0.1, 0.15) is 5.75 Å². The molecule has 0 aromatic heterocycles. The van der Waals surface area contributed by atoms with Gasteiger partial charge in [-0.3, -0.25) is 0 Å². The number of morpholine rings is 1. The summed E-state index contributed by atoms with van der Waals surface area (Å²) in [5, 5.41) is 3.48. The van der Waals surface area contributed by atoms with Crippen LogP contribution in [0.15, 0.2) is 18.2 Å². The molecule has 0 radical (unpaired) electrons. The maximum absolute atomic E-state index is 5.85. The number of unbranched alkanes of at least 4 members (excludes halogenated alkanes) is 1. The van der Waals surface area contributed by atoms with E-state index in [9.17, 15) is 0 Å². The molecule has 1 N–H and O–H groups in total. The summed E-state index contributed by atoms with van der Waals surface area (Å²) in [7, 11) is 0. The molecule has 4 nitrogen and oxygen atoms in total. The highest BCUT2D eigenvalue weighted by Crippen LogP contribution is 2.30. The second-order valence-electron chi connectivity index (χ2n) is 5.36. The first-order chi connectivity index (χ1) is 10.3. The molecule has 1 heterocycles. The zero-order chi connectivity index (χ0) is 14.9. The fourth-order valence-corrected chi connectivity index (χ4v) is 2.54. The van der Waals surface area contributed by atoms with Gasteiger partial charge in [0.15, 0.2) is 0 Å². The molecule has 1 aromatic rings. The minimum atomic E-state index is 0.698. The standard InChI is InChI=1S/C17H28N2O2/c1-3-5-8-18-14-15-6-7-16(17(13-15)21-4-2)19-9-11-20-12-10-19/h6-7,13,18H,3-5,8-12,14H2,1-2H3. The second kappa shape index (κ2) is 8.90. The van der Waals surface area contributed by atoms with Crippen molar-refractivity contribution in [3.8, 4) is 5.75 Å². The van der Waals surface area contributed by atoms with Crippen molar-refractivity contribution < 1.29 is 9.47 Å². The van der Waals surface area contributed by atoms with Crippen molar-refractivity contribution >= 4 is 5.69 Å². The van der Waals surface area contributed by atoms with E-state index in [4.69, 9.17) is 9.47 Å². The van der Waals surface area contributed by atoms with Crippen LogP contribution in [0, 0.1) is 0 Å². The summed E-state index contributed by atoms with van der Waals surface area (Å²) in [4.78, 5) is 2.35. The summed E-state index contributed by atoms with van der Waals surface area (Å²) < 4.78 is 11.3. The van der Waals surface area contributed by atoms with Crippen molar-refractivity contribution in [2.45, 2.75) is 33.2 Å². The highest BCUT2D eigenvalue weighted by Gasteiger charge is 2.15. The van der Waals surface area contributed by atoms with Gasteiger partial charge in [-0.25, -0.2) is 0 Å². The molecule has 118 valence electrons. The zero-order valence-electron chi connectivity index (χ0n) is 13.4. The first-order valence-electron chi connectivity index (χ1n) is 8.14. The fourth-order valence-electron chi connectivity index (χ4n) is 2.54. The molecular weight excluding hydrogens is 264 g/mol. The van der Waals surface area contributed by atoms with Crippen molar-refractivity contribution in [3.05, 3.63) is 23.8 Å². The molecule has 2 rings (SSSR count). The van der Waals surface area contributed by atoms with E-state index >= 15 is 0 Å². The SMILES string of the molecule is CCCCNCc1ccc(N2CCOCC2)c(OCC)c1. The molecule has 0 spiro atoms. The zero-order valence-corrected chi connectivity index (χ0v) is 13.4. The lowest BCUT2D eigenvalue weighted by atomic mass is 10.1. The Morgan fingerprint density at radius 2 is 2.05 bits per heavy atom. The van der Waals surface area contributed by atoms with Crippen LogP contribution in [0.5, 0.6) is 5.75 Å². The average Bonchev–Trinajstić information content (AvgIpc) is 2.53. The third kappa shape index (κ3) is 4.90. The molecular formula is C17H28N2O2. The van der Waals surface area contributed by atoms with Crippen molar-refractivity contribution in [3.63, 3.8) is 0 Å². The predicted molar refractivity (Wildman–Crippen MR) is 87.3 cm³/mol. The molecule has 4 heteroatoms. The second-order valence-corrected chi connectivity index (χ2v) is 5.36. The van der Waals surface area contributed by atoms with Gasteiger partial charge in [-0.2, -0.15) is 0 Å². The number of ether oxygens (including phenoxy) is 2. The maximum Gasteiger partial charge on any atom is 0.142 e. The van der Waals surface area contributed by atoms with Crippen molar-refractivity contribution in [1.82, 2.24) is 5.32 Å². The molecule has 0 atom stereocenters. The normalized spacial score (nSPS) is 15.2. The number of nitrogens with zero attached hydrogens (tertiary/aromatic N) is 1. The van der Waals surface area contributed by atoms with E-state index in [1.54, 1.807) is 0 Å². The molecule has 0 saturated carbocycles. The number of benzene rings is 1. The summed E-state index contributed by atoms with van der Waals surface area (Å²) in [5.74, 6) is 0.995. The summed E-state index contributed by atoms with van der Waals surface area (Å²) >= 11 is 0. The molecule has 0 bridgehead atoms. The van der Waals surface area contributed by atoms with Crippen molar-refractivity contribution in [1.29, 1.82) is 0 Å². The summed E-state index contributed by atoms with van der Waals surface area (Å²) in [6.07, 6.45) is 2.46. The van der Waals surface area contributed by atoms with Gasteiger partial charge in [0.05, 0.1) is 25.5 Å². The van der Waals surface area contributed by atoms with E-state index in [0.29, 0.717) is 6.61 Å². The predicted octanol–water partition coefficient (Wildman–Crippen LogP) is 2.81. The van der Waals surface area contributed by atoms with Crippen LogP contribution < -0.4 is 15.0 Å². The third-order valence-electron chi connectivity index (χ3n) is 3.71. The Morgan fingerprint density at radius 3 is 2.76 bits per heavy atom. The van der Waals surface area contributed by atoms with Gasteiger partial charge in [0.25, 0.3) is 0 Å². The van der Waals surface area contributed by atoms with Crippen LogP contribution in [-0.4, -0.2) is 39.5 Å². The number of nitrogens with one attached hydrogen (secondary N) is 1. The van der Waals surface area contributed by atoms with Crippen LogP contribution in [0.1, 0.15) is 32.3 Å². The largest absolute Gasteiger partial charge is 0.492 e. The van der Waals surface area contributed by atoms with Crippen molar-refractivity contribution in [2.75, 3.05) is 44.4 Å². The molecule has 0 aliphatic carbocycles. The van der Waals surface area contributed by atoms with Gasteiger partial charge >= 0.3 is 0 Å². The minimum absolute atomic E-state index is 0.698. The van der Waals surface area contributed by atoms with Gasteiger partial charge in [0, 0.05) is 19.6 Å². The molecule has 1 aromatic carbocycles. The Kier molecular flexibility index (Phi) is 6.83. The maximum atomic E-state index is 5.85. The topological polar surface area (TPSA) is 33.7 Å². The lowest BCUT2D eigenvalue weighted by Gasteiger charge is -2.30. The Morgan fingerprint density at radius 1 is 1.24 bits per heavy atom. The monoisotopic (exact) mass is 292 g/mol. The van der Waals surface area contributed by atoms with E-state index in [-0.39, 0.29) is 0 Å². The smallest absolute Gasteiger partial charge is 0.142 e. The van der Waals surface area contributed by atoms with E-state index < -0.39 is 0 Å². The van der Waals surface area contributed by atoms with Crippen LogP contribution >= 0.6 is 0 Å². The average molecular weight is 292 g/mol. The molecule has 1 aliphatic heterocycles. The lowest BCUT2D eigenvalue weighted by molar-refractivity contribution is 0.122. The van der Waals surface area contributed by atoms with Gasteiger partial charge < -0.3 is 19.7 Å². The molecule has 1 aliphatic rings. The van der Waals surface area contributed by atoms with Crippen LogP contribution in [0.25, 0.3) is 0 Å². The Balaban J connectivity index is 2.03. The summed E-state index contributed by atoms with van der Waals surface area (Å²) in [5.41, 5.74) is 2.48.